The Morgan fingerprint density at radius 2 is 1.71 bits per heavy atom. The van der Waals surface area contributed by atoms with Crippen LogP contribution in [0.2, 0.25) is 0 Å². The van der Waals surface area contributed by atoms with Crippen molar-refractivity contribution in [3.05, 3.63) is 34.7 Å². The van der Waals surface area contributed by atoms with Gasteiger partial charge in [-0.15, -0.1) is 11.3 Å². The smallest absolute Gasteiger partial charge is 0.340 e. The lowest BCUT2D eigenvalue weighted by Crippen LogP contribution is -2.61. The van der Waals surface area contributed by atoms with E-state index in [0.29, 0.717) is 66.8 Å². The van der Waals surface area contributed by atoms with Crippen LogP contribution in [0.3, 0.4) is 0 Å². The van der Waals surface area contributed by atoms with Gasteiger partial charge in [-0.3, -0.25) is 23.7 Å². The van der Waals surface area contributed by atoms with E-state index in [-0.39, 0.29) is 28.1 Å². The quantitative estimate of drug-likeness (QED) is 0.332. The van der Waals surface area contributed by atoms with Crippen LogP contribution < -0.4 is 5.32 Å². The minimum atomic E-state index is -5.75. The fraction of sp³-hybridized carbons (Fsp3) is 0.621. The van der Waals surface area contributed by atoms with Crippen molar-refractivity contribution in [3.63, 3.8) is 0 Å². The lowest BCUT2D eigenvalue weighted by atomic mass is 9.81. The molecule has 45 heavy (non-hydrogen) atoms. The molecule has 11 nitrogen and oxygen atoms in total. The van der Waals surface area contributed by atoms with E-state index in [1.165, 1.54) is 12.1 Å². The summed E-state index contributed by atoms with van der Waals surface area (Å²) < 4.78 is 60.1. The fourth-order valence-electron chi connectivity index (χ4n) is 7.25. The van der Waals surface area contributed by atoms with Crippen LogP contribution in [0.15, 0.2) is 24.3 Å². The number of carbonyl (C=O) groups excluding carboxylic acids is 3. The van der Waals surface area contributed by atoms with E-state index in [2.05, 4.69) is 5.32 Å². The van der Waals surface area contributed by atoms with Crippen LogP contribution in [0.1, 0.15) is 66.6 Å². The normalized spacial score (nSPS) is 30.0. The summed E-state index contributed by atoms with van der Waals surface area (Å²) in [5.74, 6) is 0.553. The molecular weight excluding hydrogens is 649 g/mol. The first kappa shape index (κ1) is 32.5. The van der Waals surface area contributed by atoms with Crippen molar-refractivity contribution >= 4 is 56.5 Å². The molecule has 16 heteroatoms. The average molecular weight is 687 g/mol. The van der Waals surface area contributed by atoms with E-state index in [1.807, 2.05) is 0 Å². The van der Waals surface area contributed by atoms with Gasteiger partial charge in [-0.2, -0.15) is 8.78 Å². The van der Waals surface area contributed by atoms with Gasteiger partial charge in [-0.1, -0.05) is 18.9 Å². The number of amides is 3. The molecule has 0 saturated carbocycles. The molecule has 3 atom stereocenters. The molecule has 1 aromatic carbocycles. The molecule has 246 valence electrons. The number of alkyl halides is 2. The number of halogens is 2. The third-order valence-corrected chi connectivity index (χ3v) is 13.8. The van der Waals surface area contributed by atoms with Gasteiger partial charge >= 0.3 is 13.3 Å². The second kappa shape index (κ2) is 12.0. The molecular formula is C29H37F2N4O7PS2. The predicted octanol–water partition coefficient (Wildman–Crippen LogP) is 4.08. The highest BCUT2D eigenvalue weighted by Crippen LogP contribution is 2.59. The molecule has 4 N–H and O–H groups in total. The van der Waals surface area contributed by atoms with Gasteiger partial charge < -0.3 is 24.9 Å². The Morgan fingerprint density at radius 1 is 1.02 bits per heavy atom. The first-order valence-corrected chi connectivity index (χ1v) is 19.6. The zero-order valence-electron chi connectivity index (χ0n) is 24.5. The standard InChI is InChI=1S/C29H37F2N4O7PS2/c30-29(31,43(39,40)41)20-5-8-24-18(13-20)14-25(44-24)26(36)33-22-4-2-1-3-21-6-7-23(35(21)27(22)37)28(38)34-15-19(16-34)17-9-11-45(32,42)12-10-17/h5,8,13-14,17,19,21-23,32H,1-4,6-7,9-12,15-16H2,(H,33,36)(H2,39,40,41)/t17?,21-,22-,23-,45?/m0/s1. The fourth-order valence-corrected chi connectivity index (χ4v) is 10.2. The minimum absolute atomic E-state index is 0.0831. The summed E-state index contributed by atoms with van der Waals surface area (Å²) in [5, 5.41) is 3.03. The van der Waals surface area contributed by atoms with E-state index >= 15 is 0 Å². The maximum Gasteiger partial charge on any atom is 0.399 e. The third-order valence-electron chi connectivity index (χ3n) is 9.90. The van der Waals surface area contributed by atoms with Crippen molar-refractivity contribution in [1.29, 1.82) is 4.78 Å². The van der Waals surface area contributed by atoms with Crippen LogP contribution in [0.4, 0.5) is 8.78 Å². The van der Waals surface area contributed by atoms with Crippen LogP contribution in [0.25, 0.3) is 10.1 Å². The summed E-state index contributed by atoms with van der Waals surface area (Å²) in [6.45, 7) is 1.19. The molecule has 4 fully saturated rings. The summed E-state index contributed by atoms with van der Waals surface area (Å²) >= 11 is 1.02. The second-order valence-electron chi connectivity index (χ2n) is 12.8. The number of fused-ring (bicyclic) bond motifs is 2. The van der Waals surface area contributed by atoms with Crippen LogP contribution >= 0.6 is 18.9 Å². The van der Waals surface area contributed by atoms with Crippen molar-refractivity contribution in [2.24, 2.45) is 11.8 Å². The number of thiophene rings is 1. The molecule has 0 bridgehead atoms. The maximum absolute atomic E-state index is 14.3. The van der Waals surface area contributed by atoms with Gasteiger partial charge in [0, 0.05) is 50.6 Å². The SMILES string of the molecule is N=S1(=O)CCC(C2CN(C(=O)[C@@H]3CC[C@@H]4CCCC[C@H](NC(=O)c5cc6cc(C(F)(F)P(=O)(O)O)ccc6s5)C(=O)N43)C2)CC1. The van der Waals surface area contributed by atoms with Gasteiger partial charge in [0.2, 0.25) is 11.8 Å². The highest BCUT2D eigenvalue weighted by Gasteiger charge is 2.51. The Kier molecular flexibility index (Phi) is 8.64. The van der Waals surface area contributed by atoms with E-state index < -0.39 is 46.5 Å². The monoisotopic (exact) mass is 686 g/mol. The molecule has 1 aromatic heterocycles. The van der Waals surface area contributed by atoms with E-state index in [4.69, 9.17) is 14.6 Å². The average Bonchev–Trinajstić information content (AvgIpc) is 3.56. The van der Waals surface area contributed by atoms with Gasteiger partial charge in [-0.25, -0.2) is 4.21 Å². The molecule has 0 spiro atoms. The molecule has 2 aromatic rings. The van der Waals surface area contributed by atoms with Gasteiger partial charge in [0.25, 0.3) is 5.91 Å². The predicted molar refractivity (Wildman–Crippen MR) is 165 cm³/mol. The summed E-state index contributed by atoms with van der Waals surface area (Å²) in [7, 11) is -8.21. The Hall–Kier alpha value is -2.45. The number of hydrogen-bond donors (Lipinski definition) is 4. The molecule has 5 heterocycles. The lowest BCUT2D eigenvalue weighted by molar-refractivity contribution is -0.151. The number of nitrogens with zero attached hydrogens (tertiary/aromatic N) is 2. The number of nitrogens with one attached hydrogen (secondary N) is 2. The van der Waals surface area contributed by atoms with Gasteiger partial charge in [0.15, 0.2) is 0 Å². The number of carbonyl (C=O) groups is 3. The van der Waals surface area contributed by atoms with E-state index in [1.54, 1.807) is 9.80 Å². The molecule has 3 amide bonds. The summed E-state index contributed by atoms with van der Waals surface area (Å²) in [4.78, 5) is 62.7. The second-order valence-corrected chi connectivity index (χ2v) is 18.0. The Balaban J connectivity index is 1.13. The molecule has 4 aliphatic rings. The summed E-state index contributed by atoms with van der Waals surface area (Å²) in [6.07, 6.45) is 5.48. The molecule has 0 unspecified atom stereocenters. The molecule has 0 aliphatic carbocycles. The lowest BCUT2D eigenvalue weighted by Gasteiger charge is -2.46. The Morgan fingerprint density at radius 3 is 2.40 bits per heavy atom. The number of likely N-dealkylation sites (tertiary alicyclic amines) is 1. The highest BCUT2D eigenvalue weighted by atomic mass is 32.2. The minimum Gasteiger partial charge on any atom is -0.340 e. The molecule has 4 aliphatic heterocycles. The Bertz CT molecular complexity index is 1660. The van der Waals surface area contributed by atoms with E-state index in [9.17, 15) is 31.9 Å². The first-order chi connectivity index (χ1) is 21.1. The van der Waals surface area contributed by atoms with Gasteiger partial charge in [0.05, 0.1) is 4.88 Å². The number of hydrogen-bond acceptors (Lipinski definition) is 7. The van der Waals surface area contributed by atoms with Crippen LogP contribution in [0.5, 0.6) is 0 Å². The zero-order valence-corrected chi connectivity index (χ0v) is 27.1. The molecule has 0 radical (unpaired) electrons. The van der Waals surface area contributed by atoms with Crippen LogP contribution in [-0.2, 0) is 29.5 Å². The summed E-state index contributed by atoms with van der Waals surface area (Å²) in [5.41, 5.74) is -5.23. The van der Waals surface area contributed by atoms with Crippen molar-refractivity contribution in [1.82, 2.24) is 15.1 Å². The van der Waals surface area contributed by atoms with Gasteiger partial charge in [0.1, 0.15) is 12.1 Å². The largest absolute Gasteiger partial charge is 0.399 e. The summed E-state index contributed by atoms with van der Waals surface area (Å²) in [6, 6.07) is 2.97. The van der Waals surface area contributed by atoms with Crippen LogP contribution in [0, 0.1) is 16.6 Å². The van der Waals surface area contributed by atoms with Crippen molar-refractivity contribution < 1.29 is 41.7 Å². The molecule has 4 saturated heterocycles. The van der Waals surface area contributed by atoms with Crippen LogP contribution in [-0.4, -0.2) is 84.2 Å². The Labute approximate surface area is 263 Å². The third kappa shape index (κ3) is 6.30. The van der Waals surface area contributed by atoms with Gasteiger partial charge in [-0.05, 0) is 73.9 Å². The molecule has 6 rings (SSSR count). The topological polar surface area (TPSA) is 168 Å². The van der Waals surface area contributed by atoms with Crippen molar-refractivity contribution in [2.45, 2.75) is 75.2 Å². The highest BCUT2D eigenvalue weighted by molar-refractivity contribution is 7.92. The maximum atomic E-state index is 14.3. The zero-order chi connectivity index (χ0) is 32.3. The van der Waals surface area contributed by atoms with Crippen molar-refractivity contribution in [3.8, 4) is 0 Å². The van der Waals surface area contributed by atoms with Crippen molar-refractivity contribution in [2.75, 3.05) is 24.6 Å². The number of benzene rings is 1. The first-order valence-electron chi connectivity index (χ1n) is 15.3. The number of rotatable bonds is 6. The van der Waals surface area contributed by atoms with E-state index in [0.717, 1.165) is 49.2 Å².